The highest BCUT2D eigenvalue weighted by Gasteiger charge is 2.27. The highest BCUT2D eigenvalue weighted by molar-refractivity contribution is 5.75. The van der Waals surface area contributed by atoms with Gasteiger partial charge in [0.15, 0.2) is 0 Å². The summed E-state index contributed by atoms with van der Waals surface area (Å²) in [4.78, 5) is 12.0. The van der Waals surface area contributed by atoms with Crippen LogP contribution in [0.5, 0.6) is 5.75 Å². The third-order valence-electron chi connectivity index (χ3n) is 3.58. The lowest BCUT2D eigenvalue weighted by Crippen LogP contribution is -2.28. The first-order valence-electron chi connectivity index (χ1n) is 6.54. The molecule has 1 fully saturated rings. The van der Waals surface area contributed by atoms with E-state index in [1.807, 2.05) is 0 Å². The van der Waals surface area contributed by atoms with E-state index in [2.05, 4.69) is 5.92 Å². The van der Waals surface area contributed by atoms with Crippen molar-refractivity contribution in [3.05, 3.63) is 29.8 Å². The van der Waals surface area contributed by atoms with Gasteiger partial charge in [-0.1, -0.05) is 5.92 Å². The van der Waals surface area contributed by atoms with Crippen LogP contribution in [-0.2, 0) is 9.53 Å². The number of benzene rings is 1. The minimum Gasteiger partial charge on any atom is -0.426 e. The number of hydrogen-bond acceptors (Lipinski definition) is 3. The van der Waals surface area contributed by atoms with Crippen LogP contribution in [0.4, 0.5) is 0 Å². The van der Waals surface area contributed by atoms with Crippen LogP contribution in [0.25, 0.3) is 0 Å². The summed E-state index contributed by atoms with van der Waals surface area (Å²) in [5.74, 6) is 2.92. The van der Waals surface area contributed by atoms with E-state index in [0.717, 1.165) is 31.2 Å². The molecule has 0 bridgehead atoms. The Morgan fingerprint density at radius 1 is 1.21 bits per heavy atom. The van der Waals surface area contributed by atoms with E-state index in [1.165, 1.54) is 0 Å². The fourth-order valence-corrected chi connectivity index (χ4v) is 2.35. The molecule has 1 aliphatic rings. The molecule has 1 saturated carbocycles. The van der Waals surface area contributed by atoms with Gasteiger partial charge in [0.2, 0.25) is 0 Å². The summed E-state index contributed by atoms with van der Waals surface area (Å²) < 4.78 is 10.7. The summed E-state index contributed by atoms with van der Waals surface area (Å²) in [6.45, 7) is 0. The van der Waals surface area contributed by atoms with Crippen molar-refractivity contribution in [3.63, 3.8) is 0 Å². The third-order valence-corrected chi connectivity index (χ3v) is 3.58. The Bertz CT molecular complexity index is 462. The molecule has 0 atom stereocenters. The number of rotatable bonds is 3. The maximum absolute atomic E-state index is 12.0. The first kappa shape index (κ1) is 13.6. The monoisotopic (exact) mass is 258 g/mol. The second kappa shape index (κ2) is 6.40. The number of methoxy groups -OCH3 is 1. The smallest absolute Gasteiger partial charge is 0.314 e. The molecule has 1 aliphatic carbocycles. The number of terminal acetylenes is 1. The van der Waals surface area contributed by atoms with Crippen LogP contribution in [0.2, 0.25) is 0 Å². The summed E-state index contributed by atoms with van der Waals surface area (Å²) in [5, 5.41) is 0. The van der Waals surface area contributed by atoms with Crippen molar-refractivity contribution < 1.29 is 14.3 Å². The van der Waals surface area contributed by atoms with Crippen molar-refractivity contribution in [1.82, 2.24) is 0 Å². The number of hydrogen-bond donors (Lipinski definition) is 0. The third kappa shape index (κ3) is 3.59. The number of carbonyl (C=O) groups is 1. The fraction of sp³-hybridized carbons (Fsp3) is 0.438. The molecule has 3 heteroatoms. The molecule has 0 aliphatic heterocycles. The Kier molecular flexibility index (Phi) is 4.59. The van der Waals surface area contributed by atoms with Gasteiger partial charge in [0.05, 0.1) is 12.0 Å². The maximum Gasteiger partial charge on any atom is 0.314 e. The Morgan fingerprint density at radius 2 is 1.84 bits per heavy atom. The van der Waals surface area contributed by atoms with Crippen molar-refractivity contribution >= 4 is 5.97 Å². The molecular weight excluding hydrogens is 240 g/mol. The lowest BCUT2D eigenvalue weighted by molar-refractivity contribution is -0.140. The van der Waals surface area contributed by atoms with Gasteiger partial charge in [0.25, 0.3) is 0 Å². The minimum absolute atomic E-state index is 0.0151. The Morgan fingerprint density at radius 3 is 2.37 bits per heavy atom. The van der Waals surface area contributed by atoms with E-state index in [0.29, 0.717) is 11.9 Å². The normalized spacial score (nSPS) is 22.5. The van der Waals surface area contributed by atoms with E-state index in [-0.39, 0.29) is 11.9 Å². The molecule has 1 aromatic carbocycles. The van der Waals surface area contributed by atoms with Crippen LogP contribution in [0, 0.1) is 18.3 Å². The number of esters is 1. The molecule has 0 saturated heterocycles. The largest absolute Gasteiger partial charge is 0.426 e. The zero-order valence-corrected chi connectivity index (χ0v) is 11.1. The molecule has 0 heterocycles. The number of ether oxygens (including phenoxy) is 2. The summed E-state index contributed by atoms with van der Waals surface area (Å²) >= 11 is 0. The van der Waals surface area contributed by atoms with Crippen LogP contribution >= 0.6 is 0 Å². The van der Waals surface area contributed by atoms with E-state index in [9.17, 15) is 4.79 Å². The highest BCUT2D eigenvalue weighted by Crippen LogP contribution is 2.27. The summed E-state index contributed by atoms with van der Waals surface area (Å²) in [7, 11) is 1.72. The zero-order chi connectivity index (χ0) is 13.7. The summed E-state index contributed by atoms with van der Waals surface area (Å²) in [6.07, 6.45) is 9.08. The van der Waals surface area contributed by atoms with Crippen LogP contribution in [0.15, 0.2) is 24.3 Å². The molecule has 1 aromatic rings. The van der Waals surface area contributed by atoms with Gasteiger partial charge in [-0.3, -0.25) is 4.79 Å². The summed E-state index contributed by atoms with van der Waals surface area (Å²) in [6, 6.07) is 7.00. The topological polar surface area (TPSA) is 35.5 Å². The van der Waals surface area contributed by atoms with E-state index < -0.39 is 0 Å². The molecule has 19 heavy (non-hydrogen) atoms. The summed E-state index contributed by atoms with van der Waals surface area (Å²) in [5.41, 5.74) is 0.778. The molecule has 0 amide bonds. The van der Waals surface area contributed by atoms with Crippen molar-refractivity contribution in [1.29, 1.82) is 0 Å². The molecule has 0 aromatic heterocycles. The predicted molar refractivity (Wildman–Crippen MR) is 72.8 cm³/mol. The predicted octanol–water partition coefficient (Wildman–Crippen LogP) is 2.78. The van der Waals surface area contributed by atoms with Gasteiger partial charge in [-0.2, -0.15) is 0 Å². The average Bonchev–Trinajstić information content (AvgIpc) is 2.48. The van der Waals surface area contributed by atoms with E-state index in [1.54, 1.807) is 31.4 Å². The zero-order valence-electron chi connectivity index (χ0n) is 11.1. The van der Waals surface area contributed by atoms with Crippen molar-refractivity contribution in [3.8, 4) is 18.1 Å². The molecule has 2 rings (SSSR count). The van der Waals surface area contributed by atoms with Gasteiger partial charge in [-0.05, 0) is 49.9 Å². The molecule has 0 N–H and O–H groups in total. The van der Waals surface area contributed by atoms with Crippen LogP contribution in [0.1, 0.15) is 31.2 Å². The van der Waals surface area contributed by atoms with Crippen LogP contribution in [0.3, 0.4) is 0 Å². The van der Waals surface area contributed by atoms with Crippen molar-refractivity contribution in [2.75, 3.05) is 7.11 Å². The molecule has 100 valence electrons. The van der Waals surface area contributed by atoms with E-state index in [4.69, 9.17) is 15.9 Å². The molecule has 0 radical (unpaired) electrons. The molecule has 0 unspecified atom stereocenters. The quantitative estimate of drug-likeness (QED) is 0.475. The molecule has 3 nitrogen and oxygen atoms in total. The minimum atomic E-state index is -0.150. The van der Waals surface area contributed by atoms with Gasteiger partial charge in [-0.15, -0.1) is 6.42 Å². The molecule has 0 spiro atoms. The second-order valence-electron chi connectivity index (χ2n) is 4.80. The SMILES string of the molecule is C#Cc1ccc(OC(=O)C2CCC(OC)CC2)cc1. The Labute approximate surface area is 113 Å². The Balaban J connectivity index is 1.89. The van der Waals surface area contributed by atoms with Gasteiger partial charge >= 0.3 is 5.97 Å². The van der Waals surface area contributed by atoms with E-state index >= 15 is 0 Å². The van der Waals surface area contributed by atoms with Crippen LogP contribution < -0.4 is 4.74 Å². The van der Waals surface area contributed by atoms with Crippen molar-refractivity contribution in [2.24, 2.45) is 5.92 Å². The lowest BCUT2D eigenvalue weighted by atomic mass is 9.87. The first-order valence-corrected chi connectivity index (χ1v) is 6.54. The standard InChI is InChI=1S/C16H18O3/c1-3-12-4-8-15(9-5-12)19-16(17)13-6-10-14(18-2)11-7-13/h1,4-5,8-9,13-14H,6-7,10-11H2,2H3. The van der Waals surface area contributed by atoms with Crippen LogP contribution in [-0.4, -0.2) is 19.2 Å². The molecular formula is C16H18O3. The van der Waals surface area contributed by atoms with Gasteiger partial charge < -0.3 is 9.47 Å². The second-order valence-corrected chi connectivity index (χ2v) is 4.80. The highest BCUT2D eigenvalue weighted by atomic mass is 16.5. The number of carbonyl (C=O) groups excluding carboxylic acids is 1. The van der Waals surface area contributed by atoms with Gasteiger partial charge in [0, 0.05) is 12.7 Å². The van der Waals surface area contributed by atoms with Crippen molar-refractivity contribution in [2.45, 2.75) is 31.8 Å². The lowest BCUT2D eigenvalue weighted by Gasteiger charge is -2.26. The first-order chi connectivity index (χ1) is 9.22. The fourth-order valence-electron chi connectivity index (χ4n) is 2.35. The maximum atomic E-state index is 12.0. The Hall–Kier alpha value is -1.79. The van der Waals surface area contributed by atoms with Gasteiger partial charge in [0.1, 0.15) is 5.75 Å². The van der Waals surface area contributed by atoms with Gasteiger partial charge in [-0.25, -0.2) is 0 Å². The average molecular weight is 258 g/mol.